The Morgan fingerprint density at radius 2 is 2.08 bits per heavy atom. The zero-order valence-electron chi connectivity index (χ0n) is 6.78. The van der Waals surface area contributed by atoms with Crippen molar-refractivity contribution < 1.29 is 13.2 Å². The van der Waals surface area contributed by atoms with Gasteiger partial charge in [-0.05, 0) is 19.9 Å². The van der Waals surface area contributed by atoms with Crippen molar-refractivity contribution in [1.82, 2.24) is 5.32 Å². The second kappa shape index (κ2) is 4.99. The average molecular weight is 180 g/mol. The van der Waals surface area contributed by atoms with Crippen LogP contribution in [-0.2, 0) is 0 Å². The number of hydrogen-bond donors (Lipinski definition) is 1. The molecule has 0 saturated heterocycles. The van der Waals surface area contributed by atoms with Gasteiger partial charge in [-0.2, -0.15) is 18.4 Å². The summed E-state index contributed by atoms with van der Waals surface area (Å²) in [5.41, 5.74) is 0. The quantitative estimate of drug-likeness (QED) is 0.670. The van der Waals surface area contributed by atoms with Crippen molar-refractivity contribution in [3.8, 4) is 6.07 Å². The van der Waals surface area contributed by atoms with E-state index in [1.54, 1.807) is 6.92 Å². The highest BCUT2D eigenvalue weighted by Gasteiger charge is 2.25. The molecule has 1 atom stereocenters. The number of hydrogen-bond acceptors (Lipinski definition) is 2. The van der Waals surface area contributed by atoms with Crippen molar-refractivity contribution in [3.63, 3.8) is 0 Å². The van der Waals surface area contributed by atoms with E-state index >= 15 is 0 Å². The second-order valence-electron chi connectivity index (χ2n) is 2.52. The van der Waals surface area contributed by atoms with Crippen LogP contribution in [0.4, 0.5) is 13.2 Å². The topological polar surface area (TPSA) is 35.8 Å². The predicted molar refractivity (Wildman–Crippen MR) is 38.4 cm³/mol. The Morgan fingerprint density at radius 3 is 2.50 bits per heavy atom. The molecular weight excluding hydrogens is 169 g/mol. The lowest BCUT2D eigenvalue weighted by atomic mass is 10.3. The summed E-state index contributed by atoms with van der Waals surface area (Å²) in [6, 6.07) is 1.49. The van der Waals surface area contributed by atoms with Crippen LogP contribution in [0, 0.1) is 11.3 Å². The van der Waals surface area contributed by atoms with Gasteiger partial charge in [0.1, 0.15) is 0 Å². The summed E-state index contributed by atoms with van der Waals surface area (Å²) in [6.07, 6.45) is -4.86. The zero-order valence-corrected chi connectivity index (χ0v) is 6.78. The highest BCUT2D eigenvalue weighted by atomic mass is 19.4. The van der Waals surface area contributed by atoms with E-state index in [2.05, 4.69) is 5.32 Å². The minimum atomic E-state index is -4.09. The molecule has 0 fully saturated rings. The smallest absolute Gasteiger partial charge is 0.302 e. The molecule has 1 unspecified atom stereocenters. The van der Waals surface area contributed by atoms with Crippen LogP contribution in [-0.4, -0.2) is 18.8 Å². The van der Waals surface area contributed by atoms with Gasteiger partial charge in [0.05, 0.1) is 12.1 Å². The molecule has 0 aliphatic carbocycles. The number of rotatable bonds is 4. The molecule has 0 aliphatic rings. The summed E-state index contributed by atoms with van der Waals surface area (Å²) in [4.78, 5) is 0. The molecule has 5 heteroatoms. The first-order valence-corrected chi connectivity index (χ1v) is 3.65. The standard InChI is InChI=1S/C7H11F3N2/c1-6(5-11)12-4-2-3-7(8,9)10/h6,12H,2-4H2,1H3. The number of alkyl halides is 3. The average Bonchev–Trinajstić information content (AvgIpc) is 1.96. The Bertz CT molecular complexity index is 159. The van der Waals surface area contributed by atoms with E-state index in [-0.39, 0.29) is 19.0 Å². The number of nitrogens with zero attached hydrogens (tertiary/aromatic N) is 1. The van der Waals surface area contributed by atoms with Crippen LogP contribution >= 0.6 is 0 Å². The highest BCUT2D eigenvalue weighted by molar-refractivity contribution is 4.84. The van der Waals surface area contributed by atoms with Crippen LogP contribution in [0.5, 0.6) is 0 Å². The summed E-state index contributed by atoms with van der Waals surface area (Å²) in [5, 5.41) is 10.9. The Balaban J connectivity index is 3.29. The van der Waals surface area contributed by atoms with Crippen molar-refractivity contribution >= 4 is 0 Å². The van der Waals surface area contributed by atoms with E-state index in [0.717, 1.165) is 0 Å². The maximum absolute atomic E-state index is 11.6. The van der Waals surface area contributed by atoms with Crippen molar-refractivity contribution in [2.75, 3.05) is 6.54 Å². The van der Waals surface area contributed by atoms with Crippen molar-refractivity contribution in [2.24, 2.45) is 0 Å². The molecule has 0 saturated carbocycles. The van der Waals surface area contributed by atoms with E-state index in [9.17, 15) is 13.2 Å². The molecule has 0 aromatic carbocycles. The monoisotopic (exact) mass is 180 g/mol. The van der Waals surface area contributed by atoms with Crippen LogP contribution in [0.1, 0.15) is 19.8 Å². The molecule has 0 aromatic heterocycles. The van der Waals surface area contributed by atoms with Crippen LogP contribution in [0.2, 0.25) is 0 Å². The van der Waals surface area contributed by atoms with E-state index in [1.807, 2.05) is 6.07 Å². The second-order valence-corrected chi connectivity index (χ2v) is 2.52. The molecule has 1 N–H and O–H groups in total. The third-order valence-corrected chi connectivity index (χ3v) is 1.28. The molecule has 0 spiro atoms. The molecule has 0 aromatic rings. The van der Waals surface area contributed by atoms with Crippen LogP contribution in [0.3, 0.4) is 0 Å². The maximum atomic E-state index is 11.6. The van der Waals surface area contributed by atoms with Gasteiger partial charge in [0.2, 0.25) is 0 Å². The first kappa shape index (κ1) is 11.2. The summed E-state index contributed by atoms with van der Waals surface area (Å²) in [5.74, 6) is 0. The molecule has 70 valence electrons. The molecular formula is C7H11F3N2. The first-order valence-electron chi connectivity index (χ1n) is 3.65. The summed E-state index contributed by atoms with van der Waals surface area (Å²) in [7, 11) is 0. The van der Waals surface area contributed by atoms with Gasteiger partial charge in [0.25, 0.3) is 0 Å². The Kier molecular flexibility index (Phi) is 4.67. The SMILES string of the molecule is CC(C#N)NCCCC(F)(F)F. The fourth-order valence-corrected chi connectivity index (χ4v) is 0.653. The van der Waals surface area contributed by atoms with Crippen molar-refractivity contribution in [2.45, 2.75) is 32.0 Å². The third-order valence-electron chi connectivity index (χ3n) is 1.28. The molecule has 12 heavy (non-hydrogen) atoms. The Morgan fingerprint density at radius 1 is 1.50 bits per heavy atom. The van der Waals surface area contributed by atoms with E-state index in [4.69, 9.17) is 5.26 Å². The van der Waals surface area contributed by atoms with Crippen molar-refractivity contribution in [3.05, 3.63) is 0 Å². The fourth-order valence-electron chi connectivity index (χ4n) is 0.653. The first-order chi connectivity index (χ1) is 5.45. The van der Waals surface area contributed by atoms with E-state index in [1.165, 1.54) is 0 Å². The molecule has 0 rings (SSSR count). The van der Waals surface area contributed by atoms with Gasteiger partial charge < -0.3 is 5.32 Å². The molecule has 0 aliphatic heterocycles. The molecule has 0 amide bonds. The van der Waals surface area contributed by atoms with E-state index in [0.29, 0.717) is 0 Å². The number of halogens is 3. The van der Waals surface area contributed by atoms with Gasteiger partial charge in [0.15, 0.2) is 0 Å². The van der Waals surface area contributed by atoms with Gasteiger partial charge >= 0.3 is 6.18 Å². The lowest BCUT2D eigenvalue weighted by Gasteiger charge is -2.07. The highest BCUT2D eigenvalue weighted by Crippen LogP contribution is 2.20. The van der Waals surface area contributed by atoms with Gasteiger partial charge in [-0.25, -0.2) is 0 Å². The van der Waals surface area contributed by atoms with Gasteiger partial charge in [-0.3, -0.25) is 0 Å². The summed E-state index contributed by atoms with van der Waals surface area (Å²) < 4.78 is 34.7. The third kappa shape index (κ3) is 7.35. The van der Waals surface area contributed by atoms with Crippen molar-refractivity contribution in [1.29, 1.82) is 5.26 Å². The zero-order chi connectivity index (χ0) is 9.61. The molecule has 0 heterocycles. The van der Waals surface area contributed by atoms with Crippen LogP contribution in [0.15, 0.2) is 0 Å². The molecule has 0 radical (unpaired) electrons. The summed E-state index contributed by atoms with van der Waals surface area (Å²) in [6.45, 7) is 1.84. The maximum Gasteiger partial charge on any atom is 0.389 e. The van der Waals surface area contributed by atoms with E-state index < -0.39 is 12.6 Å². The van der Waals surface area contributed by atoms with Gasteiger partial charge in [-0.15, -0.1) is 0 Å². The van der Waals surface area contributed by atoms with Crippen LogP contribution in [0.25, 0.3) is 0 Å². The Hall–Kier alpha value is -0.760. The number of nitrogens with one attached hydrogen (secondary N) is 1. The van der Waals surface area contributed by atoms with Crippen LogP contribution < -0.4 is 5.32 Å². The van der Waals surface area contributed by atoms with Gasteiger partial charge in [0, 0.05) is 6.42 Å². The predicted octanol–water partition coefficient (Wildman–Crippen LogP) is 1.83. The molecule has 0 bridgehead atoms. The Labute approximate surface area is 69.4 Å². The largest absolute Gasteiger partial charge is 0.389 e. The summed E-state index contributed by atoms with van der Waals surface area (Å²) >= 11 is 0. The minimum Gasteiger partial charge on any atom is -0.302 e. The lowest BCUT2D eigenvalue weighted by Crippen LogP contribution is -2.26. The normalized spacial score (nSPS) is 13.9. The lowest BCUT2D eigenvalue weighted by molar-refractivity contribution is -0.135. The fraction of sp³-hybridized carbons (Fsp3) is 0.857. The number of nitriles is 1. The minimum absolute atomic E-state index is 0.0233. The molecule has 2 nitrogen and oxygen atoms in total. The van der Waals surface area contributed by atoms with Gasteiger partial charge in [-0.1, -0.05) is 0 Å².